The van der Waals surface area contributed by atoms with Crippen molar-refractivity contribution < 1.29 is 9.53 Å². The smallest absolute Gasteiger partial charge is 0.219 e. The van der Waals surface area contributed by atoms with Crippen LogP contribution < -0.4 is 15.4 Å². The average Bonchev–Trinajstić information content (AvgIpc) is 2.67. The first kappa shape index (κ1) is 23.5. The van der Waals surface area contributed by atoms with E-state index in [1.54, 1.807) is 21.1 Å². The van der Waals surface area contributed by atoms with Gasteiger partial charge in [0.2, 0.25) is 5.91 Å². The minimum absolute atomic E-state index is 0. The predicted molar refractivity (Wildman–Crippen MR) is 120 cm³/mol. The van der Waals surface area contributed by atoms with Gasteiger partial charge in [-0.05, 0) is 24.1 Å². The van der Waals surface area contributed by atoms with Gasteiger partial charge in [-0.1, -0.05) is 12.1 Å². The van der Waals surface area contributed by atoms with Gasteiger partial charge in [-0.25, -0.2) is 0 Å². The van der Waals surface area contributed by atoms with E-state index in [4.69, 9.17) is 4.74 Å². The fourth-order valence-corrected chi connectivity index (χ4v) is 2.96. The van der Waals surface area contributed by atoms with Crippen LogP contribution in [-0.4, -0.2) is 81.6 Å². The van der Waals surface area contributed by atoms with Crippen LogP contribution in [-0.2, 0) is 11.2 Å². The number of aliphatic imine (C=N–C) groups is 1. The van der Waals surface area contributed by atoms with Gasteiger partial charge in [-0.2, -0.15) is 0 Å². The lowest BCUT2D eigenvalue weighted by Gasteiger charge is -2.34. The largest absolute Gasteiger partial charge is 0.497 e. The highest BCUT2D eigenvalue weighted by Gasteiger charge is 2.17. The number of ether oxygens (including phenoxy) is 1. The van der Waals surface area contributed by atoms with Crippen LogP contribution in [0.2, 0.25) is 0 Å². The Hall–Kier alpha value is -1.55. The molecule has 1 aromatic carbocycles. The molecular weight excluding hydrogens is 457 g/mol. The molecule has 0 atom stereocenters. The molecule has 1 aliphatic rings. The summed E-state index contributed by atoms with van der Waals surface area (Å²) in [5.41, 5.74) is 1.26. The molecule has 1 aromatic rings. The van der Waals surface area contributed by atoms with Crippen LogP contribution in [0.4, 0.5) is 0 Å². The molecule has 2 rings (SSSR count). The first-order valence-electron chi connectivity index (χ1n) is 9.17. The molecule has 0 spiro atoms. The zero-order valence-electron chi connectivity index (χ0n) is 16.5. The summed E-state index contributed by atoms with van der Waals surface area (Å²) in [4.78, 5) is 19.9. The third-order valence-electron chi connectivity index (χ3n) is 4.63. The van der Waals surface area contributed by atoms with Gasteiger partial charge in [0.25, 0.3) is 0 Å². The molecule has 27 heavy (non-hydrogen) atoms. The van der Waals surface area contributed by atoms with E-state index in [0.717, 1.165) is 63.9 Å². The number of carbonyl (C=O) groups is 1. The van der Waals surface area contributed by atoms with Crippen molar-refractivity contribution >= 4 is 35.8 Å². The summed E-state index contributed by atoms with van der Waals surface area (Å²) in [7, 11) is 3.46. The van der Waals surface area contributed by atoms with E-state index >= 15 is 0 Å². The maximum atomic E-state index is 11.3. The fourth-order valence-electron chi connectivity index (χ4n) is 2.96. The van der Waals surface area contributed by atoms with E-state index in [0.29, 0.717) is 0 Å². The van der Waals surface area contributed by atoms with Gasteiger partial charge in [-0.3, -0.25) is 14.7 Å². The molecule has 1 fully saturated rings. The molecule has 152 valence electrons. The van der Waals surface area contributed by atoms with Gasteiger partial charge in [0.1, 0.15) is 5.75 Å². The van der Waals surface area contributed by atoms with Crippen LogP contribution >= 0.6 is 24.0 Å². The molecule has 2 N–H and O–H groups in total. The number of benzene rings is 1. The second-order valence-corrected chi connectivity index (χ2v) is 6.37. The quantitative estimate of drug-likeness (QED) is 0.342. The summed E-state index contributed by atoms with van der Waals surface area (Å²) in [5.74, 6) is 1.87. The summed E-state index contributed by atoms with van der Waals surface area (Å²) in [6, 6.07) is 8.12. The molecule has 1 aliphatic heterocycles. The molecular formula is C19H32IN5O2. The van der Waals surface area contributed by atoms with E-state index < -0.39 is 0 Å². The third kappa shape index (κ3) is 8.34. The molecule has 0 radical (unpaired) electrons. The highest BCUT2D eigenvalue weighted by molar-refractivity contribution is 14.0. The van der Waals surface area contributed by atoms with Crippen molar-refractivity contribution in [2.24, 2.45) is 4.99 Å². The maximum Gasteiger partial charge on any atom is 0.219 e. The Kier molecular flexibility index (Phi) is 11.1. The number of methoxy groups -OCH3 is 1. The Labute approximate surface area is 179 Å². The van der Waals surface area contributed by atoms with Gasteiger partial charge >= 0.3 is 0 Å². The summed E-state index contributed by atoms with van der Waals surface area (Å²) in [6.07, 6.45) is 0.928. The molecule has 0 aromatic heterocycles. The minimum Gasteiger partial charge on any atom is -0.497 e. The molecule has 1 saturated heterocycles. The van der Waals surface area contributed by atoms with Crippen LogP contribution in [0.15, 0.2) is 29.3 Å². The number of nitrogens with one attached hydrogen (secondary N) is 2. The van der Waals surface area contributed by atoms with E-state index in [2.05, 4.69) is 32.7 Å². The van der Waals surface area contributed by atoms with Crippen molar-refractivity contribution in [3.8, 4) is 5.75 Å². The Morgan fingerprint density at radius 3 is 2.30 bits per heavy atom. The van der Waals surface area contributed by atoms with Crippen molar-refractivity contribution in [2.75, 3.05) is 60.0 Å². The summed E-state index contributed by atoms with van der Waals surface area (Å²) < 4.78 is 5.17. The van der Waals surface area contributed by atoms with Crippen molar-refractivity contribution in [1.82, 2.24) is 20.4 Å². The van der Waals surface area contributed by atoms with Gasteiger partial charge in [0, 0.05) is 59.8 Å². The Morgan fingerprint density at radius 2 is 1.74 bits per heavy atom. The topological polar surface area (TPSA) is 69.2 Å². The van der Waals surface area contributed by atoms with Gasteiger partial charge in [-0.15, -0.1) is 24.0 Å². The van der Waals surface area contributed by atoms with Crippen molar-refractivity contribution in [3.63, 3.8) is 0 Å². The zero-order chi connectivity index (χ0) is 18.8. The average molecular weight is 489 g/mol. The molecule has 0 bridgehead atoms. The van der Waals surface area contributed by atoms with E-state index in [-0.39, 0.29) is 29.9 Å². The summed E-state index contributed by atoms with van der Waals surface area (Å²) in [5, 5.41) is 6.69. The number of halogens is 1. The molecule has 7 nitrogen and oxygen atoms in total. The van der Waals surface area contributed by atoms with E-state index in [9.17, 15) is 4.79 Å². The lowest BCUT2D eigenvalue weighted by molar-refractivity contribution is -0.130. The van der Waals surface area contributed by atoms with Gasteiger partial charge in [0.05, 0.1) is 7.11 Å². The first-order valence-corrected chi connectivity index (χ1v) is 9.17. The van der Waals surface area contributed by atoms with Crippen LogP contribution in [0, 0.1) is 0 Å². The van der Waals surface area contributed by atoms with E-state index in [1.807, 2.05) is 17.0 Å². The molecule has 1 heterocycles. The Bertz CT molecular complexity index is 586. The summed E-state index contributed by atoms with van der Waals surface area (Å²) >= 11 is 0. The number of guanidine groups is 1. The zero-order valence-corrected chi connectivity index (χ0v) is 18.9. The molecule has 0 aliphatic carbocycles. The number of piperazine rings is 1. The Morgan fingerprint density at radius 1 is 1.11 bits per heavy atom. The lowest BCUT2D eigenvalue weighted by Crippen LogP contribution is -2.50. The van der Waals surface area contributed by atoms with Crippen LogP contribution in [0.1, 0.15) is 12.5 Å². The normalized spacial score (nSPS) is 15.1. The first-order chi connectivity index (χ1) is 12.6. The monoisotopic (exact) mass is 489 g/mol. The second-order valence-electron chi connectivity index (χ2n) is 6.37. The molecule has 1 amide bonds. The highest BCUT2D eigenvalue weighted by Crippen LogP contribution is 2.11. The maximum absolute atomic E-state index is 11.3. The molecule has 8 heteroatoms. The predicted octanol–water partition coefficient (Wildman–Crippen LogP) is 1.18. The number of hydrogen-bond donors (Lipinski definition) is 2. The molecule has 0 unspecified atom stereocenters. The van der Waals surface area contributed by atoms with Crippen LogP contribution in [0.25, 0.3) is 0 Å². The van der Waals surface area contributed by atoms with Gasteiger partial charge < -0.3 is 20.3 Å². The second kappa shape index (κ2) is 12.8. The number of hydrogen-bond acceptors (Lipinski definition) is 4. The lowest BCUT2D eigenvalue weighted by atomic mass is 10.1. The van der Waals surface area contributed by atoms with Crippen molar-refractivity contribution in [2.45, 2.75) is 13.3 Å². The summed E-state index contributed by atoms with van der Waals surface area (Å²) in [6.45, 7) is 7.76. The van der Waals surface area contributed by atoms with E-state index in [1.165, 1.54) is 5.56 Å². The number of rotatable bonds is 7. The number of nitrogens with zero attached hydrogens (tertiary/aromatic N) is 3. The molecule has 0 saturated carbocycles. The van der Waals surface area contributed by atoms with Crippen molar-refractivity contribution in [3.05, 3.63) is 29.8 Å². The third-order valence-corrected chi connectivity index (χ3v) is 4.63. The fraction of sp³-hybridized carbons (Fsp3) is 0.579. The van der Waals surface area contributed by atoms with Crippen LogP contribution in [0.3, 0.4) is 0 Å². The van der Waals surface area contributed by atoms with Crippen molar-refractivity contribution in [1.29, 1.82) is 0 Å². The minimum atomic E-state index is 0. The number of carbonyl (C=O) groups excluding carboxylic acids is 1. The SMILES string of the molecule is CN=C(NCCc1ccc(OC)cc1)NCCN1CCN(C(C)=O)CC1.I. The standard InChI is InChI=1S/C19H31N5O2.HI/c1-16(25)24-14-12-23(13-15-24)11-10-22-19(20-2)21-9-8-17-4-6-18(26-3)7-5-17;/h4-7H,8-15H2,1-3H3,(H2,20,21,22);1H. The van der Waals surface area contributed by atoms with Crippen LogP contribution in [0.5, 0.6) is 5.75 Å². The van der Waals surface area contributed by atoms with Gasteiger partial charge in [0.15, 0.2) is 5.96 Å². The number of amides is 1. The highest BCUT2D eigenvalue weighted by atomic mass is 127. The Balaban J connectivity index is 0.00000364.